The van der Waals surface area contributed by atoms with E-state index in [9.17, 15) is 0 Å². The van der Waals surface area contributed by atoms with Crippen molar-refractivity contribution in [3.8, 4) is 5.75 Å². The molecule has 0 radical (unpaired) electrons. The van der Waals surface area contributed by atoms with Gasteiger partial charge in [0.05, 0.1) is 25.5 Å². The zero-order valence-corrected chi connectivity index (χ0v) is 20.6. The quantitative estimate of drug-likeness (QED) is 0.210. The molecule has 1 fully saturated rings. The number of aliphatic imine (C=N–C) groups is 1. The molecule has 0 amide bonds. The Bertz CT molecular complexity index is 770. The van der Waals surface area contributed by atoms with E-state index in [4.69, 9.17) is 14.5 Å². The third-order valence-corrected chi connectivity index (χ3v) is 4.82. The Labute approximate surface area is 202 Å². The molecule has 3 rings (SSSR count). The van der Waals surface area contributed by atoms with Crippen molar-refractivity contribution < 1.29 is 9.47 Å². The summed E-state index contributed by atoms with van der Waals surface area (Å²) in [5.41, 5.74) is 2.02. The Balaban J connectivity index is 0.00000341. The lowest BCUT2D eigenvalue weighted by molar-refractivity contribution is 0.0376. The van der Waals surface area contributed by atoms with Crippen LogP contribution in [-0.4, -0.2) is 61.8 Å². The number of hydrogen-bond donors (Lipinski definition) is 2. The van der Waals surface area contributed by atoms with Crippen molar-refractivity contribution in [2.24, 2.45) is 4.99 Å². The molecule has 2 aromatic rings. The van der Waals surface area contributed by atoms with Gasteiger partial charge >= 0.3 is 0 Å². The van der Waals surface area contributed by atoms with E-state index in [-0.39, 0.29) is 24.0 Å². The zero-order chi connectivity index (χ0) is 20.9. The van der Waals surface area contributed by atoms with Crippen LogP contribution < -0.4 is 15.4 Å². The standard InChI is InChI=1S/C23H33N5O2.HI/c1-2-24-23(26-11-6-12-28-13-15-29-16-14-28)27-18-20-7-5-9-22(17-20)30-19-21-8-3-4-10-25-21;/h3-5,7-10,17H,2,6,11-16,18-19H2,1H3,(H2,24,26,27);1H. The molecule has 0 saturated carbocycles. The van der Waals surface area contributed by atoms with Crippen LogP contribution in [0.15, 0.2) is 53.7 Å². The van der Waals surface area contributed by atoms with Gasteiger partial charge in [0.25, 0.3) is 0 Å². The summed E-state index contributed by atoms with van der Waals surface area (Å²) in [7, 11) is 0. The third kappa shape index (κ3) is 9.84. The van der Waals surface area contributed by atoms with Crippen LogP contribution in [0.2, 0.25) is 0 Å². The molecule has 1 saturated heterocycles. The lowest BCUT2D eigenvalue weighted by Crippen LogP contribution is -2.40. The van der Waals surface area contributed by atoms with E-state index < -0.39 is 0 Å². The molecule has 1 aliphatic rings. The first-order valence-electron chi connectivity index (χ1n) is 10.8. The van der Waals surface area contributed by atoms with E-state index in [1.807, 2.05) is 36.4 Å². The molecule has 1 aromatic carbocycles. The average Bonchev–Trinajstić information content (AvgIpc) is 2.80. The van der Waals surface area contributed by atoms with E-state index in [1.165, 1.54) is 0 Å². The van der Waals surface area contributed by atoms with Gasteiger partial charge in [-0.05, 0) is 49.7 Å². The molecule has 0 unspecified atom stereocenters. The number of nitrogens with one attached hydrogen (secondary N) is 2. The number of aromatic nitrogens is 1. The lowest BCUT2D eigenvalue weighted by Gasteiger charge is -2.26. The highest BCUT2D eigenvalue weighted by Crippen LogP contribution is 2.15. The highest BCUT2D eigenvalue weighted by molar-refractivity contribution is 14.0. The number of rotatable bonds is 10. The topological polar surface area (TPSA) is 71.0 Å². The number of pyridine rings is 1. The summed E-state index contributed by atoms with van der Waals surface area (Å²) in [5, 5.41) is 6.75. The van der Waals surface area contributed by atoms with E-state index >= 15 is 0 Å². The summed E-state index contributed by atoms with van der Waals surface area (Å²) in [6, 6.07) is 13.9. The second-order valence-electron chi connectivity index (χ2n) is 7.19. The highest BCUT2D eigenvalue weighted by Gasteiger charge is 2.09. The van der Waals surface area contributed by atoms with Crippen molar-refractivity contribution >= 4 is 29.9 Å². The van der Waals surface area contributed by atoms with Gasteiger partial charge in [0, 0.05) is 32.4 Å². The summed E-state index contributed by atoms with van der Waals surface area (Å²) in [6.45, 7) is 9.73. The first-order chi connectivity index (χ1) is 14.8. The fourth-order valence-electron chi connectivity index (χ4n) is 3.22. The van der Waals surface area contributed by atoms with Crippen LogP contribution >= 0.6 is 24.0 Å². The molecule has 1 aromatic heterocycles. The fourth-order valence-corrected chi connectivity index (χ4v) is 3.22. The van der Waals surface area contributed by atoms with Crippen molar-refractivity contribution in [3.63, 3.8) is 0 Å². The van der Waals surface area contributed by atoms with Crippen molar-refractivity contribution in [1.29, 1.82) is 0 Å². The monoisotopic (exact) mass is 539 g/mol. The Morgan fingerprint density at radius 2 is 2.03 bits per heavy atom. The number of benzene rings is 1. The van der Waals surface area contributed by atoms with Crippen LogP contribution in [0.1, 0.15) is 24.6 Å². The molecule has 0 spiro atoms. The number of hydrogen-bond acceptors (Lipinski definition) is 5. The first kappa shape index (κ1) is 25.4. The minimum atomic E-state index is 0. The van der Waals surface area contributed by atoms with Crippen LogP contribution in [0.3, 0.4) is 0 Å². The lowest BCUT2D eigenvalue weighted by atomic mass is 10.2. The SMILES string of the molecule is CCNC(=NCc1cccc(OCc2ccccn2)c1)NCCCN1CCOCC1.I. The molecule has 0 bridgehead atoms. The Morgan fingerprint density at radius 3 is 2.81 bits per heavy atom. The largest absolute Gasteiger partial charge is 0.487 e. The predicted octanol–water partition coefficient (Wildman–Crippen LogP) is 3.06. The highest BCUT2D eigenvalue weighted by atomic mass is 127. The first-order valence-corrected chi connectivity index (χ1v) is 10.8. The van der Waals surface area contributed by atoms with Gasteiger partial charge in [-0.15, -0.1) is 24.0 Å². The maximum atomic E-state index is 5.87. The van der Waals surface area contributed by atoms with E-state index in [1.54, 1.807) is 6.20 Å². The van der Waals surface area contributed by atoms with E-state index in [0.717, 1.165) is 75.3 Å². The van der Waals surface area contributed by atoms with Crippen molar-refractivity contribution in [2.75, 3.05) is 45.9 Å². The minimum Gasteiger partial charge on any atom is -0.487 e. The van der Waals surface area contributed by atoms with E-state index in [2.05, 4.69) is 33.5 Å². The Hall–Kier alpha value is -1.91. The Kier molecular flexibility index (Phi) is 12.3. The molecular formula is C23H34IN5O2. The normalized spacial score (nSPS) is 14.5. The molecular weight excluding hydrogens is 505 g/mol. The van der Waals surface area contributed by atoms with E-state index in [0.29, 0.717) is 13.2 Å². The molecule has 31 heavy (non-hydrogen) atoms. The molecule has 1 aliphatic heterocycles. The van der Waals surface area contributed by atoms with Crippen LogP contribution in [0.5, 0.6) is 5.75 Å². The number of nitrogens with zero attached hydrogens (tertiary/aromatic N) is 3. The number of guanidine groups is 1. The van der Waals surface area contributed by atoms with Gasteiger partial charge in [0.1, 0.15) is 12.4 Å². The third-order valence-electron chi connectivity index (χ3n) is 4.82. The summed E-state index contributed by atoms with van der Waals surface area (Å²) in [4.78, 5) is 11.5. The van der Waals surface area contributed by atoms with Crippen molar-refractivity contribution in [3.05, 3.63) is 59.9 Å². The predicted molar refractivity (Wildman–Crippen MR) is 135 cm³/mol. The van der Waals surface area contributed by atoms with Crippen LogP contribution in [0, 0.1) is 0 Å². The minimum absolute atomic E-state index is 0. The smallest absolute Gasteiger partial charge is 0.191 e. The summed E-state index contributed by atoms with van der Waals surface area (Å²) in [5.74, 6) is 1.68. The van der Waals surface area contributed by atoms with Gasteiger partial charge < -0.3 is 20.1 Å². The van der Waals surface area contributed by atoms with Crippen molar-refractivity contribution in [2.45, 2.75) is 26.5 Å². The molecule has 170 valence electrons. The molecule has 2 heterocycles. The number of morpholine rings is 1. The fraction of sp³-hybridized carbons (Fsp3) is 0.478. The summed E-state index contributed by atoms with van der Waals surface area (Å²) >= 11 is 0. The van der Waals surface area contributed by atoms with Gasteiger partial charge in [0.15, 0.2) is 5.96 Å². The number of ether oxygens (including phenoxy) is 2. The van der Waals surface area contributed by atoms with Gasteiger partial charge in [-0.1, -0.05) is 18.2 Å². The van der Waals surface area contributed by atoms with Gasteiger partial charge in [-0.25, -0.2) is 4.99 Å². The second-order valence-corrected chi connectivity index (χ2v) is 7.19. The molecule has 7 nitrogen and oxygen atoms in total. The molecule has 0 aliphatic carbocycles. The van der Waals surface area contributed by atoms with Gasteiger partial charge in [-0.3, -0.25) is 9.88 Å². The molecule has 0 atom stereocenters. The van der Waals surface area contributed by atoms with Gasteiger partial charge in [0.2, 0.25) is 0 Å². The second kappa shape index (κ2) is 15.0. The van der Waals surface area contributed by atoms with Crippen LogP contribution in [0.4, 0.5) is 0 Å². The van der Waals surface area contributed by atoms with Crippen molar-refractivity contribution in [1.82, 2.24) is 20.5 Å². The maximum absolute atomic E-state index is 5.87. The molecule has 8 heteroatoms. The summed E-state index contributed by atoms with van der Waals surface area (Å²) < 4.78 is 11.3. The van der Waals surface area contributed by atoms with Crippen LogP contribution in [0.25, 0.3) is 0 Å². The van der Waals surface area contributed by atoms with Crippen LogP contribution in [-0.2, 0) is 17.9 Å². The molecule has 2 N–H and O–H groups in total. The number of halogens is 1. The maximum Gasteiger partial charge on any atom is 0.191 e. The summed E-state index contributed by atoms with van der Waals surface area (Å²) in [6.07, 6.45) is 2.86. The zero-order valence-electron chi connectivity index (χ0n) is 18.3. The Morgan fingerprint density at radius 1 is 1.16 bits per heavy atom. The van der Waals surface area contributed by atoms with Gasteiger partial charge in [-0.2, -0.15) is 0 Å². The average molecular weight is 539 g/mol.